The van der Waals surface area contributed by atoms with Gasteiger partial charge in [-0.25, -0.2) is 0 Å². The SMILES string of the molecule is CCOc1cc(C)ccc1CNC(=NC)NCC(C1CC1)N(C)C. The number of aliphatic imine (C=N–C) groups is 1. The van der Waals surface area contributed by atoms with Gasteiger partial charge in [-0.3, -0.25) is 4.99 Å². The second-order valence-corrected chi connectivity index (χ2v) is 6.72. The maximum Gasteiger partial charge on any atom is 0.191 e. The Morgan fingerprint density at radius 2 is 2.08 bits per heavy atom. The summed E-state index contributed by atoms with van der Waals surface area (Å²) in [6.07, 6.45) is 2.69. The quantitative estimate of drug-likeness (QED) is 0.567. The highest BCUT2D eigenvalue weighted by Crippen LogP contribution is 2.34. The minimum absolute atomic E-state index is 0.571. The van der Waals surface area contributed by atoms with Gasteiger partial charge in [-0.15, -0.1) is 0 Å². The van der Waals surface area contributed by atoms with Crippen LogP contribution < -0.4 is 15.4 Å². The van der Waals surface area contributed by atoms with Crippen LogP contribution in [0, 0.1) is 12.8 Å². The molecular weight excluding hydrogens is 300 g/mol. The van der Waals surface area contributed by atoms with E-state index in [1.807, 2.05) is 14.0 Å². The first-order valence-electron chi connectivity index (χ1n) is 8.88. The zero-order valence-electron chi connectivity index (χ0n) is 15.7. The molecule has 1 aromatic carbocycles. The summed E-state index contributed by atoms with van der Waals surface area (Å²) in [7, 11) is 6.12. The highest BCUT2D eigenvalue weighted by atomic mass is 16.5. The van der Waals surface area contributed by atoms with Crippen molar-refractivity contribution >= 4 is 5.96 Å². The van der Waals surface area contributed by atoms with Crippen LogP contribution in [0.15, 0.2) is 23.2 Å². The minimum atomic E-state index is 0.571. The molecule has 1 atom stereocenters. The lowest BCUT2D eigenvalue weighted by atomic mass is 10.1. The summed E-state index contributed by atoms with van der Waals surface area (Å²) in [6.45, 7) is 6.39. The Labute approximate surface area is 146 Å². The fourth-order valence-corrected chi connectivity index (χ4v) is 2.95. The number of nitrogens with one attached hydrogen (secondary N) is 2. The van der Waals surface area contributed by atoms with E-state index in [0.29, 0.717) is 19.2 Å². The molecule has 0 spiro atoms. The lowest BCUT2D eigenvalue weighted by Gasteiger charge is -2.25. The Balaban J connectivity index is 1.89. The number of benzene rings is 1. The van der Waals surface area contributed by atoms with Crippen LogP contribution in [0.4, 0.5) is 0 Å². The standard InChI is InChI=1S/C19H32N4O/c1-6-24-18-11-14(2)7-8-16(18)12-21-19(20-3)22-13-17(23(4)5)15-9-10-15/h7-8,11,15,17H,6,9-10,12-13H2,1-5H3,(H2,20,21,22). The normalized spacial score (nSPS) is 16.2. The molecule has 2 N–H and O–H groups in total. The topological polar surface area (TPSA) is 48.9 Å². The van der Waals surface area contributed by atoms with Crippen LogP contribution in [0.25, 0.3) is 0 Å². The van der Waals surface area contributed by atoms with Crippen molar-refractivity contribution in [1.82, 2.24) is 15.5 Å². The Morgan fingerprint density at radius 1 is 1.33 bits per heavy atom. The van der Waals surface area contributed by atoms with Gasteiger partial charge < -0.3 is 20.3 Å². The van der Waals surface area contributed by atoms with Gasteiger partial charge >= 0.3 is 0 Å². The summed E-state index contributed by atoms with van der Waals surface area (Å²) in [5.74, 6) is 2.61. The maximum absolute atomic E-state index is 5.75. The number of aryl methyl sites for hydroxylation is 1. The Morgan fingerprint density at radius 3 is 2.67 bits per heavy atom. The summed E-state index contributed by atoms with van der Waals surface area (Å²) < 4.78 is 5.75. The molecule has 0 aromatic heterocycles. The minimum Gasteiger partial charge on any atom is -0.494 e. The third kappa shape index (κ3) is 5.41. The van der Waals surface area contributed by atoms with E-state index >= 15 is 0 Å². The van der Waals surface area contributed by atoms with Gasteiger partial charge in [-0.05, 0) is 58.3 Å². The number of hydrogen-bond donors (Lipinski definition) is 2. The van der Waals surface area contributed by atoms with E-state index in [1.54, 1.807) is 0 Å². The van der Waals surface area contributed by atoms with Crippen LogP contribution >= 0.6 is 0 Å². The summed E-state index contributed by atoms with van der Waals surface area (Å²) in [6, 6.07) is 6.89. The average molecular weight is 332 g/mol. The fraction of sp³-hybridized carbons (Fsp3) is 0.632. The smallest absolute Gasteiger partial charge is 0.191 e. The van der Waals surface area contributed by atoms with E-state index in [1.165, 1.54) is 18.4 Å². The maximum atomic E-state index is 5.75. The van der Waals surface area contributed by atoms with Gasteiger partial charge in [0.1, 0.15) is 5.75 Å². The number of rotatable bonds is 8. The molecule has 0 amide bonds. The van der Waals surface area contributed by atoms with Gasteiger partial charge in [-0.1, -0.05) is 12.1 Å². The largest absolute Gasteiger partial charge is 0.494 e. The molecule has 1 saturated carbocycles. The zero-order valence-corrected chi connectivity index (χ0v) is 15.7. The van der Waals surface area contributed by atoms with Crippen molar-refractivity contribution in [2.75, 3.05) is 34.3 Å². The van der Waals surface area contributed by atoms with Crippen molar-refractivity contribution in [2.24, 2.45) is 10.9 Å². The summed E-state index contributed by atoms with van der Waals surface area (Å²) in [4.78, 5) is 6.65. The van der Waals surface area contributed by atoms with Crippen molar-refractivity contribution in [3.05, 3.63) is 29.3 Å². The number of ether oxygens (including phenoxy) is 1. The van der Waals surface area contributed by atoms with Gasteiger partial charge in [0.15, 0.2) is 5.96 Å². The molecule has 24 heavy (non-hydrogen) atoms. The van der Waals surface area contributed by atoms with Crippen LogP contribution in [0.3, 0.4) is 0 Å². The van der Waals surface area contributed by atoms with E-state index in [0.717, 1.165) is 29.7 Å². The summed E-state index contributed by atoms with van der Waals surface area (Å²) >= 11 is 0. The number of likely N-dealkylation sites (N-methyl/N-ethyl adjacent to an activating group) is 1. The first kappa shape index (κ1) is 18.6. The van der Waals surface area contributed by atoms with Crippen LogP contribution in [0.1, 0.15) is 30.9 Å². The van der Waals surface area contributed by atoms with E-state index < -0.39 is 0 Å². The molecular formula is C19H32N4O. The average Bonchev–Trinajstić information content (AvgIpc) is 3.37. The van der Waals surface area contributed by atoms with Gasteiger partial charge in [-0.2, -0.15) is 0 Å². The lowest BCUT2D eigenvalue weighted by Crippen LogP contribution is -2.45. The van der Waals surface area contributed by atoms with Crippen LogP contribution in [-0.4, -0.2) is 51.2 Å². The van der Waals surface area contributed by atoms with Gasteiger partial charge in [0.25, 0.3) is 0 Å². The Hall–Kier alpha value is -1.75. The van der Waals surface area contributed by atoms with Gasteiger partial charge in [0.05, 0.1) is 6.61 Å². The third-order valence-electron chi connectivity index (χ3n) is 4.50. The van der Waals surface area contributed by atoms with Crippen molar-refractivity contribution in [3.63, 3.8) is 0 Å². The van der Waals surface area contributed by atoms with E-state index in [-0.39, 0.29) is 0 Å². The molecule has 1 aliphatic carbocycles. The molecule has 1 aliphatic rings. The summed E-state index contributed by atoms with van der Waals surface area (Å²) in [5, 5.41) is 6.86. The van der Waals surface area contributed by atoms with Crippen molar-refractivity contribution in [2.45, 2.75) is 39.3 Å². The molecule has 0 bridgehead atoms. The van der Waals surface area contributed by atoms with E-state index in [2.05, 4.69) is 59.7 Å². The molecule has 134 valence electrons. The molecule has 0 saturated heterocycles. The highest BCUT2D eigenvalue weighted by molar-refractivity contribution is 5.79. The van der Waals surface area contributed by atoms with Crippen molar-refractivity contribution in [1.29, 1.82) is 0 Å². The first-order valence-corrected chi connectivity index (χ1v) is 8.88. The molecule has 0 aliphatic heterocycles. The van der Waals surface area contributed by atoms with E-state index in [9.17, 15) is 0 Å². The lowest BCUT2D eigenvalue weighted by molar-refractivity contribution is 0.264. The van der Waals surface area contributed by atoms with Crippen LogP contribution in [0.2, 0.25) is 0 Å². The number of guanidine groups is 1. The predicted octanol–water partition coefficient (Wildman–Crippen LogP) is 2.40. The fourth-order valence-electron chi connectivity index (χ4n) is 2.95. The molecule has 5 heteroatoms. The zero-order chi connectivity index (χ0) is 17.5. The van der Waals surface area contributed by atoms with Gasteiger partial charge in [0.2, 0.25) is 0 Å². The van der Waals surface area contributed by atoms with Gasteiger partial charge in [0, 0.05) is 31.7 Å². The monoisotopic (exact) mass is 332 g/mol. The van der Waals surface area contributed by atoms with Crippen LogP contribution in [-0.2, 0) is 6.54 Å². The molecule has 0 heterocycles. The molecule has 5 nitrogen and oxygen atoms in total. The second-order valence-electron chi connectivity index (χ2n) is 6.72. The predicted molar refractivity (Wildman–Crippen MR) is 101 cm³/mol. The highest BCUT2D eigenvalue weighted by Gasteiger charge is 2.32. The third-order valence-corrected chi connectivity index (χ3v) is 4.50. The molecule has 1 fully saturated rings. The van der Waals surface area contributed by atoms with Crippen molar-refractivity contribution < 1.29 is 4.74 Å². The van der Waals surface area contributed by atoms with Crippen LogP contribution in [0.5, 0.6) is 5.75 Å². The Bertz CT molecular complexity index is 550. The number of hydrogen-bond acceptors (Lipinski definition) is 3. The molecule has 1 unspecified atom stereocenters. The second kappa shape index (κ2) is 8.92. The molecule has 2 rings (SSSR count). The Kier molecular flexibility index (Phi) is 6.91. The summed E-state index contributed by atoms with van der Waals surface area (Å²) in [5.41, 5.74) is 2.36. The molecule has 0 radical (unpaired) electrons. The number of nitrogens with zero attached hydrogens (tertiary/aromatic N) is 2. The first-order chi connectivity index (χ1) is 11.5. The van der Waals surface area contributed by atoms with Crippen molar-refractivity contribution in [3.8, 4) is 5.75 Å². The molecule has 1 aromatic rings. The van der Waals surface area contributed by atoms with E-state index in [4.69, 9.17) is 4.74 Å².